The monoisotopic (exact) mass is 529 g/mol. The Balaban J connectivity index is 1.50. The minimum absolute atomic E-state index is 0.0616. The Morgan fingerprint density at radius 2 is 2.03 bits per heavy atom. The molecular weight excluding hydrogens is 501 g/mol. The zero-order chi connectivity index (χ0) is 25.7. The van der Waals surface area contributed by atoms with Gasteiger partial charge < -0.3 is 19.9 Å². The molecule has 1 aromatic heterocycles. The van der Waals surface area contributed by atoms with Crippen LogP contribution >= 0.6 is 22.9 Å². The number of fused-ring (bicyclic) bond motifs is 1. The van der Waals surface area contributed by atoms with E-state index in [1.807, 2.05) is 25.3 Å². The van der Waals surface area contributed by atoms with Crippen LogP contribution in [0.5, 0.6) is 5.75 Å². The van der Waals surface area contributed by atoms with Crippen LogP contribution in [0.15, 0.2) is 60.0 Å². The number of nitrogens with one attached hydrogen (secondary N) is 1. The van der Waals surface area contributed by atoms with Gasteiger partial charge in [-0.25, -0.2) is 9.18 Å². The lowest BCUT2D eigenvalue weighted by Gasteiger charge is -2.38. The Kier molecular flexibility index (Phi) is 8.48. The zero-order valence-electron chi connectivity index (χ0n) is 20.2. The van der Waals surface area contributed by atoms with Crippen molar-refractivity contribution in [2.75, 3.05) is 25.0 Å². The molecule has 9 heteroatoms. The molecular formula is C27H29ClFN3O3S. The summed E-state index contributed by atoms with van der Waals surface area (Å²) in [6.07, 6.45) is 1.45. The van der Waals surface area contributed by atoms with Crippen LogP contribution < -0.4 is 10.1 Å². The molecule has 0 saturated carbocycles. The van der Waals surface area contributed by atoms with E-state index in [1.165, 1.54) is 17.0 Å². The molecule has 4 rings (SSSR count). The van der Waals surface area contributed by atoms with Crippen molar-refractivity contribution in [2.45, 2.75) is 38.8 Å². The SMILES string of the molecule is CC[C@@H](C)N(CC(=O)N1CCc2sccc2[C@@H]1COc1ccc(F)cc1)C(=O)Nc1cccc(Cl)c1. The third-order valence-electron chi connectivity index (χ3n) is 6.40. The first-order valence-corrected chi connectivity index (χ1v) is 13.2. The van der Waals surface area contributed by atoms with Crippen molar-refractivity contribution in [2.24, 2.45) is 0 Å². The highest BCUT2D eigenvalue weighted by molar-refractivity contribution is 7.10. The number of halogens is 2. The van der Waals surface area contributed by atoms with E-state index in [9.17, 15) is 14.0 Å². The highest BCUT2D eigenvalue weighted by atomic mass is 35.5. The number of thiophene rings is 1. The number of carbonyl (C=O) groups excluding carboxylic acids is 2. The summed E-state index contributed by atoms with van der Waals surface area (Å²) >= 11 is 7.73. The van der Waals surface area contributed by atoms with E-state index in [-0.39, 0.29) is 43.0 Å². The van der Waals surface area contributed by atoms with Gasteiger partial charge in [0.05, 0.1) is 6.04 Å². The Hall–Kier alpha value is -3.10. The summed E-state index contributed by atoms with van der Waals surface area (Å²) in [4.78, 5) is 31.4. The summed E-state index contributed by atoms with van der Waals surface area (Å²) in [6.45, 7) is 4.61. The molecule has 2 heterocycles. The quantitative estimate of drug-likeness (QED) is 0.368. The van der Waals surface area contributed by atoms with Crippen molar-refractivity contribution in [3.8, 4) is 5.75 Å². The molecule has 1 N–H and O–H groups in total. The van der Waals surface area contributed by atoms with Gasteiger partial charge in [0.25, 0.3) is 0 Å². The molecule has 1 aliphatic heterocycles. The van der Waals surface area contributed by atoms with Crippen molar-refractivity contribution < 1.29 is 18.7 Å². The van der Waals surface area contributed by atoms with Gasteiger partial charge in [-0.3, -0.25) is 4.79 Å². The van der Waals surface area contributed by atoms with Gasteiger partial charge in [0.15, 0.2) is 0 Å². The minimum atomic E-state index is -0.354. The summed E-state index contributed by atoms with van der Waals surface area (Å²) in [5.41, 5.74) is 1.62. The number of carbonyl (C=O) groups is 2. The Morgan fingerprint density at radius 1 is 1.25 bits per heavy atom. The van der Waals surface area contributed by atoms with Gasteiger partial charge in [0.1, 0.15) is 24.7 Å². The van der Waals surface area contributed by atoms with Crippen molar-refractivity contribution in [3.05, 3.63) is 81.3 Å². The molecule has 0 spiro atoms. The van der Waals surface area contributed by atoms with Crippen LogP contribution in [0, 0.1) is 5.82 Å². The van der Waals surface area contributed by atoms with Gasteiger partial charge in [-0.15, -0.1) is 11.3 Å². The van der Waals surface area contributed by atoms with E-state index >= 15 is 0 Å². The van der Waals surface area contributed by atoms with Gasteiger partial charge in [-0.05, 0) is 79.2 Å². The van der Waals surface area contributed by atoms with Gasteiger partial charge in [-0.2, -0.15) is 0 Å². The molecule has 3 aromatic rings. The average molecular weight is 530 g/mol. The first kappa shape index (κ1) is 26.0. The number of benzene rings is 2. The predicted octanol–water partition coefficient (Wildman–Crippen LogP) is 6.38. The van der Waals surface area contributed by atoms with Crippen molar-refractivity contribution in [1.29, 1.82) is 0 Å². The molecule has 6 nitrogen and oxygen atoms in total. The third kappa shape index (κ3) is 6.17. The first-order chi connectivity index (χ1) is 17.4. The van der Waals surface area contributed by atoms with Crippen LogP contribution in [0.2, 0.25) is 5.02 Å². The lowest BCUT2D eigenvalue weighted by molar-refractivity contribution is -0.135. The summed E-state index contributed by atoms with van der Waals surface area (Å²) in [7, 11) is 0. The van der Waals surface area contributed by atoms with Gasteiger partial charge in [0, 0.05) is 28.2 Å². The maximum absolute atomic E-state index is 13.6. The number of amides is 3. The molecule has 0 radical (unpaired) electrons. The van der Waals surface area contributed by atoms with Crippen molar-refractivity contribution in [3.63, 3.8) is 0 Å². The number of ether oxygens (including phenoxy) is 1. The molecule has 2 aromatic carbocycles. The van der Waals surface area contributed by atoms with Crippen LogP contribution in [0.1, 0.15) is 36.8 Å². The minimum Gasteiger partial charge on any atom is -0.491 e. The molecule has 2 atom stereocenters. The smallest absolute Gasteiger partial charge is 0.322 e. The number of hydrogen-bond donors (Lipinski definition) is 1. The average Bonchev–Trinajstić information content (AvgIpc) is 3.35. The Labute approximate surface area is 219 Å². The second-order valence-corrected chi connectivity index (χ2v) is 10.2. The fourth-order valence-electron chi connectivity index (χ4n) is 4.23. The maximum Gasteiger partial charge on any atom is 0.322 e. The fourth-order valence-corrected chi connectivity index (χ4v) is 5.35. The second-order valence-electron chi connectivity index (χ2n) is 8.74. The molecule has 190 valence electrons. The molecule has 0 saturated heterocycles. The number of hydrogen-bond acceptors (Lipinski definition) is 4. The normalized spacial score (nSPS) is 15.7. The van der Waals surface area contributed by atoms with E-state index < -0.39 is 0 Å². The number of nitrogens with zero attached hydrogens (tertiary/aromatic N) is 2. The summed E-state index contributed by atoms with van der Waals surface area (Å²) < 4.78 is 19.2. The predicted molar refractivity (Wildman–Crippen MR) is 141 cm³/mol. The summed E-state index contributed by atoms with van der Waals surface area (Å²) in [5.74, 6) is 0.0486. The largest absolute Gasteiger partial charge is 0.491 e. The van der Waals surface area contributed by atoms with Crippen LogP contribution in [0.25, 0.3) is 0 Å². The number of urea groups is 1. The molecule has 3 amide bonds. The highest BCUT2D eigenvalue weighted by Gasteiger charge is 2.34. The standard InChI is InChI=1S/C27H29ClFN3O3S/c1-3-18(2)32(27(34)30-21-6-4-5-19(28)15-21)16-26(33)31-13-11-25-23(12-14-36-25)24(31)17-35-22-9-7-20(29)8-10-22/h4-10,12,14-15,18,24H,3,11,13,16-17H2,1-2H3,(H,30,34)/t18-,24+/m1/s1. The summed E-state index contributed by atoms with van der Waals surface area (Å²) in [6, 6.07) is 14.0. The topological polar surface area (TPSA) is 61.9 Å². The number of rotatable bonds is 8. The van der Waals surface area contributed by atoms with E-state index in [1.54, 1.807) is 57.5 Å². The second kappa shape index (κ2) is 11.8. The zero-order valence-corrected chi connectivity index (χ0v) is 21.8. The molecule has 0 aliphatic carbocycles. The Morgan fingerprint density at radius 3 is 2.75 bits per heavy atom. The van der Waals surface area contributed by atoms with E-state index in [2.05, 4.69) is 5.32 Å². The number of anilines is 1. The summed E-state index contributed by atoms with van der Waals surface area (Å²) in [5, 5.41) is 5.40. The first-order valence-electron chi connectivity index (χ1n) is 11.9. The Bertz CT molecular complexity index is 1200. The maximum atomic E-state index is 13.6. The third-order valence-corrected chi connectivity index (χ3v) is 7.63. The lowest BCUT2D eigenvalue weighted by Crippen LogP contribution is -2.50. The molecule has 0 fully saturated rings. The molecule has 36 heavy (non-hydrogen) atoms. The molecule has 0 unspecified atom stereocenters. The van der Waals surface area contributed by atoms with E-state index in [0.29, 0.717) is 29.4 Å². The van der Waals surface area contributed by atoms with E-state index in [4.69, 9.17) is 16.3 Å². The van der Waals surface area contributed by atoms with Gasteiger partial charge in [0.2, 0.25) is 5.91 Å². The van der Waals surface area contributed by atoms with Crippen LogP contribution in [0.3, 0.4) is 0 Å². The van der Waals surface area contributed by atoms with E-state index in [0.717, 1.165) is 12.0 Å². The van der Waals surface area contributed by atoms with Crippen LogP contribution in [-0.4, -0.2) is 47.5 Å². The van der Waals surface area contributed by atoms with Crippen molar-refractivity contribution in [1.82, 2.24) is 9.80 Å². The van der Waals surface area contributed by atoms with Gasteiger partial charge >= 0.3 is 6.03 Å². The highest BCUT2D eigenvalue weighted by Crippen LogP contribution is 2.34. The molecule has 0 bridgehead atoms. The lowest BCUT2D eigenvalue weighted by atomic mass is 10.00. The van der Waals surface area contributed by atoms with Crippen LogP contribution in [-0.2, 0) is 11.2 Å². The van der Waals surface area contributed by atoms with Crippen molar-refractivity contribution >= 4 is 40.6 Å². The van der Waals surface area contributed by atoms with Gasteiger partial charge in [-0.1, -0.05) is 24.6 Å². The van der Waals surface area contributed by atoms with Crippen LogP contribution in [0.4, 0.5) is 14.9 Å². The molecule has 1 aliphatic rings. The fraction of sp³-hybridized carbons (Fsp3) is 0.333.